The van der Waals surface area contributed by atoms with E-state index in [1.807, 2.05) is 11.6 Å². The fourth-order valence-corrected chi connectivity index (χ4v) is 1.62. The van der Waals surface area contributed by atoms with Crippen LogP contribution >= 0.6 is 0 Å². The molecular formula is C12H15N5O. The first-order chi connectivity index (χ1) is 8.68. The molecule has 18 heavy (non-hydrogen) atoms. The predicted octanol–water partition coefficient (Wildman–Crippen LogP) is 0.370. The first-order valence-corrected chi connectivity index (χ1v) is 5.64. The van der Waals surface area contributed by atoms with E-state index in [1.54, 1.807) is 30.6 Å². The van der Waals surface area contributed by atoms with Crippen molar-refractivity contribution in [3.8, 4) is 0 Å². The average Bonchev–Trinajstić information content (AvgIpc) is 2.75. The molecule has 0 spiro atoms. The lowest BCUT2D eigenvalue weighted by atomic mass is 10.1. The summed E-state index contributed by atoms with van der Waals surface area (Å²) in [5, 5.41) is 10.5. The molecule has 1 heterocycles. The molecule has 1 amide bonds. The summed E-state index contributed by atoms with van der Waals surface area (Å²) in [7, 11) is 1.87. The molecule has 0 unspecified atom stereocenters. The van der Waals surface area contributed by atoms with Crippen molar-refractivity contribution in [2.75, 3.05) is 12.3 Å². The molecule has 0 saturated heterocycles. The Morgan fingerprint density at radius 2 is 2.22 bits per heavy atom. The minimum absolute atomic E-state index is 0.171. The molecule has 0 saturated carbocycles. The van der Waals surface area contributed by atoms with Gasteiger partial charge in [0.05, 0.1) is 5.56 Å². The topological polar surface area (TPSA) is 85.8 Å². The Kier molecular flexibility index (Phi) is 3.57. The highest BCUT2D eigenvalue weighted by atomic mass is 16.1. The van der Waals surface area contributed by atoms with Crippen molar-refractivity contribution in [1.82, 2.24) is 20.1 Å². The number of carbonyl (C=O) groups excluding carboxylic acids is 1. The van der Waals surface area contributed by atoms with Crippen molar-refractivity contribution in [3.05, 3.63) is 42.0 Å². The zero-order valence-corrected chi connectivity index (χ0v) is 10.1. The third-order valence-corrected chi connectivity index (χ3v) is 2.64. The second kappa shape index (κ2) is 5.31. The molecule has 1 aromatic carbocycles. The third kappa shape index (κ3) is 2.65. The van der Waals surface area contributed by atoms with E-state index in [0.717, 1.165) is 5.82 Å². The zero-order valence-electron chi connectivity index (χ0n) is 10.1. The Hall–Kier alpha value is -2.37. The summed E-state index contributed by atoms with van der Waals surface area (Å²) in [6, 6.07) is 6.99. The second-order valence-electron chi connectivity index (χ2n) is 3.95. The lowest BCUT2D eigenvalue weighted by Gasteiger charge is -2.06. The van der Waals surface area contributed by atoms with Gasteiger partial charge in [0, 0.05) is 25.7 Å². The minimum Gasteiger partial charge on any atom is -0.398 e. The Bertz CT molecular complexity index is 549. The average molecular weight is 245 g/mol. The maximum atomic E-state index is 11.8. The van der Waals surface area contributed by atoms with Gasteiger partial charge in [-0.25, -0.2) is 0 Å². The summed E-state index contributed by atoms with van der Waals surface area (Å²) in [5.41, 5.74) is 6.70. The van der Waals surface area contributed by atoms with Gasteiger partial charge < -0.3 is 15.6 Å². The zero-order chi connectivity index (χ0) is 13.0. The number of nitrogens with two attached hydrogens (primary N) is 1. The van der Waals surface area contributed by atoms with Crippen LogP contribution in [-0.4, -0.2) is 27.2 Å². The fraction of sp³-hybridized carbons (Fsp3) is 0.250. The molecule has 0 aliphatic heterocycles. The van der Waals surface area contributed by atoms with E-state index in [2.05, 4.69) is 15.5 Å². The number of benzene rings is 1. The van der Waals surface area contributed by atoms with Crippen LogP contribution in [-0.2, 0) is 13.5 Å². The van der Waals surface area contributed by atoms with Crippen molar-refractivity contribution in [3.63, 3.8) is 0 Å². The number of nitrogen functional groups attached to an aromatic ring is 1. The molecule has 94 valence electrons. The first-order valence-electron chi connectivity index (χ1n) is 5.64. The van der Waals surface area contributed by atoms with Crippen LogP contribution < -0.4 is 11.1 Å². The number of aryl methyl sites for hydroxylation is 1. The highest BCUT2D eigenvalue weighted by Crippen LogP contribution is 2.09. The van der Waals surface area contributed by atoms with Gasteiger partial charge >= 0.3 is 0 Å². The number of rotatable bonds is 4. The quantitative estimate of drug-likeness (QED) is 0.762. The summed E-state index contributed by atoms with van der Waals surface area (Å²) >= 11 is 0. The highest BCUT2D eigenvalue weighted by Gasteiger charge is 2.08. The Labute approximate surface area is 105 Å². The molecule has 1 aromatic heterocycles. The summed E-state index contributed by atoms with van der Waals surface area (Å²) in [6.45, 7) is 0.500. The first kappa shape index (κ1) is 12.1. The Morgan fingerprint density at radius 3 is 2.89 bits per heavy atom. The van der Waals surface area contributed by atoms with E-state index >= 15 is 0 Å². The molecule has 0 atom stereocenters. The minimum atomic E-state index is -0.171. The van der Waals surface area contributed by atoms with Crippen LogP contribution in [0.3, 0.4) is 0 Å². The number of amides is 1. The van der Waals surface area contributed by atoms with Gasteiger partial charge in [-0.15, -0.1) is 10.2 Å². The number of hydrogen-bond acceptors (Lipinski definition) is 4. The standard InChI is InChI=1S/C12H15N5O/c1-17-8-15-16-11(17)6-7-14-12(18)9-4-2-3-5-10(9)13/h2-5,8H,6-7,13H2,1H3,(H,14,18). The van der Waals surface area contributed by atoms with Crippen molar-refractivity contribution in [1.29, 1.82) is 0 Å². The van der Waals surface area contributed by atoms with Crippen LogP contribution in [0.5, 0.6) is 0 Å². The number of carbonyl (C=O) groups is 1. The molecule has 2 aromatic rings. The van der Waals surface area contributed by atoms with Gasteiger partial charge in [-0.1, -0.05) is 12.1 Å². The largest absolute Gasteiger partial charge is 0.398 e. The SMILES string of the molecule is Cn1cnnc1CCNC(=O)c1ccccc1N. The monoisotopic (exact) mass is 245 g/mol. The van der Waals surface area contributed by atoms with E-state index < -0.39 is 0 Å². The molecule has 0 bridgehead atoms. The number of aromatic nitrogens is 3. The number of anilines is 1. The molecule has 6 nitrogen and oxygen atoms in total. The van der Waals surface area contributed by atoms with Crippen LogP contribution in [0.4, 0.5) is 5.69 Å². The van der Waals surface area contributed by atoms with Gasteiger partial charge in [0.2, 0.25) is 0 Å². The van der Waals surface area contributed by atoms with E-state index in [9.17, 15) is 4.79 Å². The van der Waals surface area contributed by atoms with Gasteiger partial charge in [0.15, 0.2) is 0 Å². The van der Waals surface area contributed by atoms with Gasteiger partial charge in [0.1, 0.15) is 12.2 Å². The highest BCUT2D eigenvalue weighted by molar-refractivity contribution is 5.99. The van der Waals surface area contributed by atoms with Crippen molar-refractivity contribution >= 4 is 11.6 Å². The van der Waals surface area contributed by atoms with Crippen LogP contribution in [0.15, 0.2) is 30.6 Å². The summed E-state index contributed by atoms with van der Waals surface area (Å²) in [6.07, 6.45) is 2.27. The maximum absolute atomic E-state index is 11.8. The van der Waals surface area contributed by atoms with Crippen molar-refractivity contribution in [2.24, 2.45) is 7.05 Å². The molecule has 0 aliphatic carbocycles. The van der Waals surface area contributed by atoms with E-state index in [4.69, 9.17) is 5.73 Å². The van der Waals surface area contributed by atoms with Crippen molar-refractivity contribution < 1.29 is 4.79 Å². The molecular weight excluding hydrogens is 230 g/mol. The van der Waals surface area contributed by atoms with Crippen LogP contribution in [0, 0.1) is 0 Å². The summed E-state index contributed by atoms with van der Waals surface area (Å²) in [5.74, 6) is 0.659. The number of nitrogens with one attached hydrogen (secondary N) is 1. The van der Waals surface area contributed by atoms with E-state index in [0.29, 0.717) is 24.2 Å². The third-order valence-electron chi connectivity index (χ3n) is 2.64. The summed E-state index contributed by atoms with van der Waals surface area (Å²) in [4.78, 5) is 11.8. The molecule has 0 fully saturated rings. The lowest BCUT2D eigenvalue weighted by Crippen LogP contribution is -2.27. The van der Waals surface area contributed by atoms with Crippen molar-refractivity contribution in [2.45, 2.75) is 6.42 Å². The maximum Gasteiger partial charge on any atom is 0.253 e. The van der Waals surface area contributed by atoms with Crippen LogP contribution in [0.1, 0.15) is 16.2 Å². The van der Waals surface area contributed by atoms with Gasteiger partial charge in [0.25, 0.3) is 5.91 Å². The smallest absolute Gasteiger partial charge is 0.253 e. The number of nitrogens with zero attached hydrogens (tertiary/aromatic N) is 3. The normalized spacial score (nSPS) is 10.3. The molecule has 0 aliphatic rings. The molecule has 3 N–H and O–H groups in total. The fourth-order valence-electron chi connectivity index (χ4n) is 1.62. The van der Waals surface area contributed by atoms with Gasteiger partial charge in [-0.3, -0.25) is 4.79 Å². The number of hydrogen-bond donors (Lipinski definition) is 2. The summed E-state index contributed by atoms with van der Waals surface area (Å²) < 4.78 is 1.82. The predicted molar refractivity (Wildman–Crippen MR) is 67.9 cm³/mol. The van der Waals surface area contributed by atoms with Gasteiger partial charge in [-0.2, -0.15) is 0 Å². The molecule has 0 radical (unpaired) electrons. The van der Waals surface area contributed by atoms with Crippen LogP contribution in [0.2, 0.25) is 0 Å². The Morgan fingerprint density at radius 1 is 1.44 bits per heavy atom. The molecule has 6 heteroatoms. The Balaban J connectivity index is 1.90. The van der Waals surface area contributed by atoms with E-state index in [1.165, 1.54) is 0 Å². The van der Waals surface area contributed by atoms with Gasteiger partial charge in [-0.05, 0) is 12.1 Å². The number of para-hydroxylation sites is 1. The van der Waals surface area contributed by atoms with E-state index in [-0.39, 0.29) is 5.91 Å². The van der Waals surface area contributed by atoms with Crippen LogP contribution in [0.25, 0.3) is 0 Å². The lowest BCUT2D eigenvalue weighted by molar-refractivity contribution is 0.0955. The second-order valence-corrected chi connectivity index (χ2v) is 3.95. The molecule has 2 rings (SSSR count).